The van der Waals surface area contributed by atoms with Crippen LogP contribution < -0.4 is 15.5 Å². The molecule has 1 aliphatic carbocycles. The lowest BCUT2D eigenvalue weighted by Gasteiger charge is -2.35. The van der Waals surface area contributed by atoms with Crippen molar-refractivity contribution in [1.29, 1.82) is 0 Å². The van der Waals surface area contributed by atoms with Gasteiger partial charge in [-0.05, 0) is 49.3 Å². The summed E-state index contributed by atoms with van der Waals surface area (Å²) in [4.78, 5) is 8.91. The van der Waals surface area contributed by atoms with Gasteiger partial charge in [-0.15, -0.1) is 24.0 Å². The summed E-state index contributed by atoms with van der Waals surface area (Å²) in [5, 5.41) is 7.64. The molecule has 0 aromatic heterocycles. The van der Waals surface area contributed by atoms with Crippen LogP contribution in [0.5, 0.6) is 0 Å². The second kappa shape index (κ2) is 13.0. The van der Waals surface area contributed by atoms with Crippen LogP contribution in [0.4, 0.5) is 10.1 Å². The van der Waals surface area contributed by atoms with E-state index >= 15 is 0 Å². The van der Waals surface area contributed by atoms with Crippen molar-refractivity contribution in [3.63, 3.8) is 0 Å². The van der Waals surface area contributed by atoms with Crippen LogP contribution in [-0.4, -0.2) is 67.7 Å². The molecule has 1 aromatic rings. The summed E-state index contributed by atoms with van der Waals surface area (Å²) < 4.78 is 14.7. The molecule has 0 bridgehead atoms. The predicted molar refractivity (Wildman–Crippen MR) is 139 cm³/mol. The Balaban J connectivity index is 0.00000320. The average Bonchev–Trinajstić information content (AvgIpc) is 3.18. The first-order valence-electron chi connectivity index (χ1n) is 11.0. The number of anilines is 1. The van der Waals surface area contributed by atoms with E-state index in [0.717, 1.165) is 55.2 Å². The molecular weight excluding hydrogens is 512 g/mol. The van der Waals surface area contributed by atoms with Gasteiger partial charge in [0.05, 0.1) is 5.69 Å². The number of thioether (sulfide) groups is 1. The highest BCUT2D eigenvalue weighted by molar-refractivity contribution is 14.0. The van der Waals surface area contributed by atoms with Crippen molar-refractivity contribution >= 4 is 47.4 Å². The molecule has 30 heavy (non-hydrogen) atoms. The maximum atomic E-state index is 14.7. The number of aliphatic imine (C=N–C) groups is 1. The lowest BCUT2D eigenvalue weighted by molar-refractivity contribution is 0.270. The Bertz CT molecular complexity index is 681. The van der Waals surface area contributed by atoms with Crippen LogP contribution in [0.2, 0.25) is 0 Å². The molecule has 2 atom stereocenters. The van der Waals surface area contributed by atoms with Crippen molar-refractivity contribution in [2.24, 2.45) is 4.99 Å². The summed E-state index contributed by atoms with van der Waals surface area (Å²) in [7, 11) is 1.79. The molecule has 2 N–H and O–H groups in total. The minimum absolute atomic E-state index is 0. The Hall–Kier alpha value is -0.740. The minimum atomic E-state index is -0.132. The van der Waals surface area contributed by atoms with Gasteiger partial charge in [-0.1, -0.05) is 19.9 Å². The molecule has 3 rings (SSSR count). The van der Waals surface area contributed by atoms with Crippen LogP contribution in [0.25, 0.3) is 0 Å². The number of hydrogen-bond acceptors (Lipinski definition) is 4. The zero-order valence-corrected chi connectivity index (χ0v) is 21.6. The highest BCUT2D eigenvalue weighted by atomic mass is 127. The molecule has 5 nitrogen and oxygen atoms in total. The van der Waals surface area contributed by atoms with E-state index in [1.807, 2.05) is 12.1 Å². The largest absolute Gasteiger partial charge is 0.367 e. The molecule has 2 aliphatic rings. The van der Waals surface area contributed by atoms with Crippen molar-refractivity contribution in [1.82, 2.24) is 15.5 Å². The summed E-state index contributed by atoms with van der Waals surface area (Å²) in [6.07, 6.45) is 3.65. The van der Waals surface area contributed by atoms with Gasteiger partial charge in [0.1, 0.15) is 5.82 Å². The van der Waals surface area contributed by atoms with Crippen molar-refractivity contribution < 1.29 is 4.39 Å². The molecule has 1 saturated carbocycles. The van der Waals surface area contributed by atoms with Gasteiger partial charge in [-0.2, -0.15) is 11.8 Å². The van der Waals surface area contributed by atoms with E-state index in [1.54, 1.807) is 13.1 Å². The smallest absolute Gasteiger partial charge is 0.191 e. The third-order valence-electron chi connectivity index (χ3n) is 5.98. The third kappa shape index (κ3) is 7.15. The van der Waals surface area contributed by atoms with Crippen LogP contribution >= 0.6 is 35.7 Å². The molecule has 170 valence electrons. The molecule has 1 aliphatic heterocycles. The van der Waals surface area contributed by atoms with Crippen LogP contribution in [-0.2, 0) is 6.54 Å². The lowest BCUT2D eigenvalue weighted by atomic mass is 10.1. The number of hydrogen-bond donors (Lipinski definition) is 2. The topological polar surface area (TPSA) is 42.9 Å². The first-order valence-corrected chi connectivity index (χ1v) is 12.0. The van der Waals surface area contributed by atoms with E-state index in [0.29, 0.717) is 12.6 Å². The number of rotatable bonds is 7. The maximum absolute atomic E-state index is 14.7. The number of benzene rings is 1. The van der Waals surface area contributed by atoms with Gasteiger partial charge in [0, 0.05) is 51.1 Å². The Morgan fingerprint density at radius 1 is 1.20 bits per heavy atom. The van der Waals surface area contributed by atoms with Gasteiger partial charge in [0.2, 0.25) is 0 Å². The standard InChI is InChI=1S/C22H36FN5S.HI/c1-4-27-10-12-28(13-11-27)21-9-6-17(14-20(21)23)16-25-22(24-3)26-18-7-8-19(15-18)29-5-2;/h6,9,14,18-19H,4-5,7-8,10-13,15-16H2,1-3H3,(H2,24,25,26);1H. The van der Waals surface area contributed by atoms with E-state index in [2.05, 4.69) is 51.0 Å². The molecular formula is C22H37FIN5S. The lowest BCUT2D eigenvalue weighted by Crippen LogP contribution is -2.46. The van der Waals surface area contributed by atoms with Crippen LogP contribution in [0.3, 0.4) is 0 Å². The third-order valence-corrected chi connectivity index (χ3v) is 7.22. The fraction of sp³-hybridized carbons (Fsp3) is 0.682. The SMILES string of the molecule is CCSC1CCC(NC(=NC)NCc2ccc(N3CCN(CC)CC3)c(F)c2)C1.I. The highest BCUT2D eigenvalue weighted by Crippen LogP contribution is 2.29. The van der Waals surface area contributed by atoms with Crippen molar-refractivity contribution in [3.05, 3.63) is 29.6 Å². The zero-order chi connectivity index (χ0) is 20.6. The van der Waals surface area contributed by atoms with E-state index in [4.69, 9.17) is 0 Å². The van der Waals surface area contributed by atoms with E-state index < -0.39 is 0 Å². The number of likely N-dealkylation sites (N-methyl/N-ethyl adjacent to an activating group) is 1. The van der Waals surface area contributed by atoms with Gasteiger partial charge < -0.3 is 20.4 Å². The summed E-state index contributed by atoms with van der Waals surface area (Å²) in [5.74, 6) is 1.85. The fourth-order valence-electron chi connectivity index (χ4n) is 4.25. The Morgan fingerprint density at radius 3 is 2.60 bits per heavy atom. The quantitative estimate of drug-likeness (QED) is 0.307. The van der Waals surface area contributed by atoms with E-state index in [-0.39, 0.29) is 29.8 Å². The monoisotopic (exact) mass is 549 g/mol. The molecule has 1 heterocycles. The average molecular weight is 550 g/mol. The molecule has 0 radical (unpaired) electrons. The first-order chi connectivity index (χ1) is 14.1. The van der Waals surface area contributed by atoms with Gasteiger partial charge >= 0.3 is 0 Å². The maximum Gasteiger partial charge on any atom is 0.191 e. The molecule has 2 unspecified atom stereocenters. The Labute approximate surface area is 202 Å². The van der Waals surface area contributed by atoms with Crippen LogP contribution in [0, 0.1) is 5.82 Å². The molecule has 1 saturated heterocycles. The molecule has 0 amide bonds. The number of halogens is 2. The highest BCUT2D eigenvalue weighted by Gasteiger charge is 2.25. The minimum Gasteiger partial charge on any atom is -0.367 e. The summed E-state index contributed by atoms with van der Waals surface area (Å²) in [6.45, 7) is 9.81. The normalized spacial score (nSPS) is 22.7. The van der Waals surface area contributed by atoms with Crippen LogP contribution in [0.1, 0.15) is 38.7 Å². The molecule has 8 heteroatoms. The van der Waals surface area contributed by atoms with Crippen molar-refractivity contribution in [2.45, 2.75) is 50.9 Å². The number of nitrogens with zero attached hydrogens (tertiary/aromatic N) is 3. The molecule has 2 fully saturated rings. The predicted octanol–water partition coefficient (Wildman–Crippen LogP) is 3.92. The van der Waals surface area contributed by atoms with Gasteiger partial charge in [0.15, 0.2) is 5.96 Å². The molecule has 1 aromatic carbocycles. The van der Waals surface area contributed by atoms with Gasteiger partial charge in [-0.25, -0.2) is 4.39 Å². The van der Waals surface area contributed by atoms with Gasteiger partial charge in [0.25, 0.3) is 0 Å². The summed E-state index contributed by atoms with van der Waals surface area (Å²) >= 11 is 2.05. The summed E-state index contributed by atoms with van der Waals surface area (Å²) in [6, 6.07) is 6.08. The number of nitrogens with one attached hydrogen (secondary N) is 2. The van der Waals surface area contributed by atoms with Crippen molar-refractivity contribution in [2.75, 3.05) is 50.4 Å². The second-order valence-corrected chi connectivity index (χ2v) is 9.44. The first kappa shape index (κ1) is 25.5. The van der Waals surface area contributed by atoms with E-state index in [1.165, 1.54) is 25.0 Å². The fourth-order valence-corrected chi connectivity index (χ4v) is 5.40. The molecule has 0 spiro atoms. The summed E-state index contributed by atoms with van der Waals surface area (Å²) in [5.41, 5.74) is 1.66. The second-order valence-electron chi connectivity index (χ2n) is 7.86. The van der Waals surface area contributed by atoms with E-state index in [9.17, 15) is 4.39 Å². The van der Waals surface area contributed by atoms with Crippen molar-refractivity contribution in [3.8, 4) is 0 Å². The van der Waals surface area contributed by atoms with Gasteiger partial charge in [-0.3, -0.25) is 4.99 Å². The Morgan fingerprint density at radius 2 is 1.97 bits per heavy atom. The number of guanidine groups is 1. The number of piperazine rings is 1. The zero-order valence-electron chi connectivity index (χ0n) is 18.5. The van der Waals surface area contributed by atoms with Crippen LogP contribution in [0.15, 0.2) is 23.2 Å². The Kier molecular flexibility index (Phi) is 11.0.